The van der Waals surface area contributed by atoms with Gasteiger partial charge >= 0.3 is 0 Å². The summed E-state index contributed by atoms with van der Waals surface area (Å²) in [5.74, 6) is 1.92. The second-order valence-corrected chi connectivity index (χ2v) is 5.47. The average molecular weight is 196 g/mol. The molecule has 0 aromatic rings. The van der Waals surface area contributed by atoms with Crippen molar-refractivity contribution in [3.8, 4) is 0 Å². The summed E-state index contributed by atoms with van der Waals surface area (Å²) >= 11 is 0. The molecule has 1 aliphatic carbocycles. The van der Waals surface area contributed by atoms with E-state index in [9.17, 15) is 0 Å². The van der Waals surface area contributed by atoms with Crippen LogP contribution in [0.2, 0.25) is 0 Å². The van der Waals surface area contributed by atoms with Crippen molar-refractivity contribution in [1.29, 1.82) is 0 Å². The molecule has 1 saturated heterocycles. The first-order valence-corrected chi connectivity index (χ1v) is 6.09. The van der Waals surface area contributed by atoms with E-state index >= 15 is 0 Å². The Balaban J connectivity index is 1.72. The molecule has 2 aliphatic rings. The fourth-order valence-corrected chi connectivity index (χ4v) is 2.66. The molecule has 1 saturated carbocycles. The topological polar surface area (TPSA) is 6.48 Å². The maximum atomic E-state index is 2.71. The molecule has 0 aromatic carbocycles. The normalized spacial score (nSPS) is 36.0. The Morgan fingerprint density at radius 2 is 1.57 bits per heavy atom. The van der Waals surface area contributed by atoms with Crippen LogP contribution in [0.3, 0.4) is 0 Å². The molecule has 82 valence electrons. The van der Waals surface area contributed by atoms with Crippen LogP contribution in [0.15, 0.2) is 0 Å². The van der Waals surface area contributed by atoms with Gasteiger partial charge in [0.15, 0.2) is 0 Å². The molecule has 2 nitrogen and oxygen atoms in total. The molecule has 0 unspecified atom stereocenters. The lowest BCUT2D eigenvalue weighted by Gasteiger charge is -2.47. The molecule has 0 radical (unpaired) electrons. The van der Waals surface area contributed by atoms with Gasteiger partial charge in [-0.25, -0.2) is 0 Å². The van der Waals surface area contributed by atoms with Crippen molar-refractivity contribution < 1.29 is 0 Å². The van der Waals surface area contributed by atoms with Crippen LogP contribution < -0.4 is 0 Å². The van der Waals surface area contributed by atoms with E-state index in [0.29, 0.717) is 0 Å². The van der Waals surface area contributed by atoms with E-state index in [0.717, 1.165) is 17.9 Å². The average Bonchev–Trinajstić information content (AvgIpc) is 2.05. The Hall–Kier alpha value is -0.0800. The van der Waals surface area contributed by atoms with Crippen LogP contribution in [0, 0.1) is 11.8 Å². The third-order valence-electron chi connectivity index (χ3n) is 4.15. The number of piperazine rings is 1. The summed E-state index contributed by atoms with van der Waals surface area (Å²) in [6.45, 7) is 9.86. The summed E-state index contributed by atoms with van der Waals surface area (Å²) in [6.07, 6.45) is 2.92. The van der Waals surface area contributed by atoms with E-state index in [-0.39, 0.29) is 0 Å². The Kier molecular flexibility index (Phi) is 3.13. The molecule has 0 N–H and O–H groups in total. The predicted octanol–water partition coefficient (Wildman–Crippen LogP) is 1.67. The lowest BCUT2D eigenvalue weighted by molar-refractivity contribution is 0.0251. The van der Waals surface area contributed by atoms with Crippen molar-refractivity contribution in [2.75, 3.05) is 33.2 Å². The predicted molar refractivity (Wildman–Crippen MR) is 60.4 cm³/mol. The van der Waals surface area contributed by atoms with E-state index in [4.69, 9.17) is 0 Å². The number of rotatable bonds is 2. The van der Waals surface area contributed by atoms with Gasteiger partial charge in [0.25, 0.3) is 0 Å². The smallest absolute Gasteiger partial charge is 0.0113 e. The zero-order chi connectivity index (χ0) is 10.1. The minimum absolute atomic E-state index is 0.902. The second kappa shape index (κ2) is 4.19. The molecular formula is C12H24N2. The van der Waals surface area contributed by atoms with Crippen LogP contribution in [0.4, 0.5) is 0 Å². The highest BCUT2D eigenvalue weighted by Gasteiger charge is 2.35. The molecule has 1 heterocycles. The fourth-order valence-electron chi connectivity index (χ4n) is 2.66. The van der Waals surface area contributed by atoms with Crippen LogP contribution in [0.25, 0.3) is 0 Å². The summed E-state index contributed by atoms with van der Waals surface area (Å²) in [5.41, 5.74) is 0. The van der Waals surface area contributed by atoms with Gasteiger partial charge in [-0.05, 0) is 31.7 Å². The molecule has 0 bridgehead atoms. The van der Waals surface area contributed by atoms with Gasteiger partial charge in [0, 0.05) is 32.2 Å². The first-order valence-electron chi connectivity index (χ1n) is 6.09. The van der Waals surface area contributed by atoms with Gasteiger partial charge in [-0.3, -0.25) is 4.90 Å². The van der Waals surface area contributed by atoms with Crippen LogP contribution in [-0.4, -0.2) is 49.1 Å². The Morgan fingerprint density at radius 1 is 1.00 bits per heavy atom. The maximum Gasteiger partial charge on any atom is 0.0113 e. The third-order valence-corrected chi connectivity index (χ3v) is 4.15. The van der Waals surface area contributed by atoms with E-state index < -0.39 is 0 Å². The van der Waals surface area contributed by atoms with Gasteiger partial charge in [-0.1, -0.05) is 13.8 Å². The molecular weight excluding hydrogens is 172 g/mol. The molecule has 2 fully saturated rings. The number of hydrogen-bond acceptors (Lipinski definition) is 2. The van der Waals surface area contributed by atoms with Gasteiger partial charge in [-0.15, -0.1) is 0 Å². The minimum atomic E-state index is 0.902. The monoisotopic (exact) mass is 196 g/mol. The quantitative estimate of drug-likeness (QED) is 0.663. The summed E-state index contributed by atoms with van der Waals surface area (Å²) in [5, 5.41) is 0. The number of nitrogens with zero attached hydrogens (tertiary/aromatic N) is 2. The van der Waals surface area contributed by atoms with Crippen LogP contribution >= 0.6 is 0 Å². The Labute approximate surface area is 88.3 Å². The van der Waals surface area contributed by atoms with Crippen molar-refractivity contribution in [2.45, 2.75) is 32.7 Å². The lowest BCUT2D eigenvalue weighted by Crippen LogP contribution is -2.53. The fraction of sp³-hybridized carbons (Fsp3) is 1.00. The highest BCUT2D eigenvalue weighted by atomic mass is 15.3. The molecule has 0 atom stereocenters. The first kappa shape index (κ1) is 10.4. The lowest BCUT2D eigenvalue weighted by atomic mass is 9.73. The van der Waals surface area contributed by atoms with Gasteiger partial charge in [0.2, 0.25) is 0 Å². The molecule has 0 amide bonds. The summed E-state index contributed by atoms with van der Waals surface area (Å²) in [6, 6.07) is 0.927. The maximum absolute atomic E-state index is 2.71. The van der Waals surface area contributed by atoms with Gasteiger partial charge < -0.3 is 4.90 Å². The van der Waals surface area contributed by atoms with Crippen LogP contribution in [0.1, 0.15) is 26.7 Å². The molecule has 0 spiro atoms. The highest BCUT2D eigenvalue weighted by Crippen LogP contribution is 2.37. The van der Waals surface area contributed by atoms with Crippen molar-refractivity contribution >= 4 is 0 Å². The highest BCUT2D eigenvalue weighted by molar-refractivity contribution is 4.90. The SMILES string of the molecule is CC(C)C1CC(N2CCN(C)CC2)C1. The molecule has 1 aliphatic heterocycles. The Morgan fingerprint density at radius 3 is 2.07 bits per heavy atom. The summed E-state index contributed by atoms with van der Waals surface area (Å²) in [7, 11) is 2.23. The number of likely N-dealkylation sites (N-methyl/N-ethyl adjacent to an activating group) is 1. The first-order chi connectivity index (χ1) is 6.66. The van der Waals surface area contributed by atoms with Crippen molar-refractivity contribution in [3.63, 3.8) is 0 Å². The van der Waals surface area contributed by atoms with Crippen molar-refractivity contribution in [2.24, 2.45) is 11.8 Å². The minimum Gasteiger partial charge on any atom is -0.304 e. The van der Waals surface area contributed by atoms with E-state index in [1.807, 2.05) is 0 Å². The van der Waals surface area contributed by atoms with Crippen molar-refractivity contribution in [3.05, 3.63) is 0 Å². The molecule has 14 heavy (non-hydrogen) atoms. The van der Waals surface area contributed by atoms with E-state index in [1.165, 1.54) is 39.0 Å². The zero-order valence-electron chi connectivity index (χ0n) is 9.87. The van der Waals surface area contributed by atoms with Gasteiger partial charge in [0.1, 0.15) is 0 Å². The zero-order valence-corrected chi connectivity index (χ0v) is 9.87. The van der Waals surface area contributed by atoms with Crippen molar-refractivity contribution in [1.82, 2.24) is 9.80 Å². The molecule has 2 heteroatoms. The largest absolute Gasteiger partial charge is 0.304 e. The summed E-state index contributed by atoms with van der Waals surface area (Å²) in [4.78, 5) is 5.15. The standard InChI is InChI=1S/C12H24N2/c1-10(2)11-8-12(9-11)14-6-4-13(3)5-7-14/h10-12H,4-9H2,1-3H3. The van der Waals surface area contributed by atoms with Crippen LogP contribution in [-0.2, 0) is 0 Å². The number of hydrogen-bond donors (Lipinski definition) is 0. The molecule has 0 aromatic heterocycles. The van der Waals surface area contributed by atoms with E-state index in [1.54, 1.807) is 0 Å². The van der Waals surface area contributed by atoms with E-state index in [2.05, 4.69) is 30.7 Å². The summed E-state index contributed by atoms with van der Waals surface area (Å²) < 4.78 is 0. The third kappa shape index (κ3) is 2.12. The Bertz CT molecular complexity index is 177. The second-order valence-electron chi connectivity index (χ2n) is 5.47. The van der Waals surface area contributed by atoms with Gasteiger partial charge in [-0.2, -0.15) is 0 Å². The molecule has 2 rings (SSSR count). The van der Waals surface area contributed by atoms with Crippen LogP contribution in [0.5, 0.6) is 0 Å². The van der Waals surface area contributed by atoms with Gasteiger partial charge in [0.05, 0.1) is 0 Å².